The second-order valence-electron chi connectivity index (χ2n) is 8.32. The Bertz CT molecular complexity index is 906. The van der Waals surface area contributed by atoms with Gasteiger partial charge in [0.1, 0.15) is 12.1 Å². The molecular weight excluding hydrogens is 422 g/mol. The molecule has 1 heterocycles. The van der Waals surface area contributed by atoms with Gasteiger partial charge in [0.05, 0.1) is 4.90 Å². The molecule has 1 saturated heterocycles. The fourth-order valence-electron chi connectivity index (χ4n) is 3.38. The predicted molar refractivity (Wildman–Crippen MR) is 115 cm³/mol. The summed E-state index contributed by atoms with van der Waals surface area (Å²) in [6.07, 6.45) is 0.777. The highest BCUT2D eigenvalue weighted by molar-refractivity contribution is 7.89. The van der Waals surface area contributed by atoms with E-state index in [1.54, 1.807) is 30.9 Å². The Hall–Kier alpha value is -2.46. The van der Waals surface area contributed by atoms with E-state index in [0.717, 1.165) is 5.56 Å². The van der Waals surface area contributed by atoms with Gasteiger partial charge in [-0.05, 0) is 44.7 Å². The average molecular weight is 454 g/mol. The summed E-state index contributed by atoms with van der Waals surface area (Å²) in [6, 6.07) is 4.49. The number of hydrogen-bond donors (Lipinski definition) is 3. The van der Waals surface area contributed by atoms with Crippen LogP contribution in [0.15, 0.2) is 29.2 Å². The summed E-state index contributed by atoms with van der Waals surface area (Å²) in [6.45, 7) is 7.39. The number of carboxylic acids is 1. The molecule has 172 valence electrons. The smallest absolute Gasteiger partial charge is 0.325 e. The van der Waals surface area contributed by atoms with Crippen LogP contribution in [0, 0.1) is 18.8 Å². The zero-order valence-electron chi connectivity index (χ0n) is 18.3. The van der Waals surface area contributed by atoms with Gasteiger partial charge in [0.2, 0.25) is 21.8 Å². The molecule has 1 aromatic carbocycles. The number of likely N-dealkylation sites (tertiary alicyclic amines) is 1. The predicted octanol–water partition coefficient (Wildman–Crippen LogP) is 1.13. The number of carboxylic acid groups (broad SMARTS) is 1. The molecule has 1 aliphatic rings. The first-order valence-electron chi connectivity index (χ1n) is 10.3. The molecule has 1 aromatic rings. The number of sulfonamides is 1. The van der Waals surface area contributed by atoms with Gasteiger partial charge in [-0.1, -0.05) is 31.5 Å². The van der Waals surface area contributed by atoms with Crippen molar-refractivity contribution in [1.29, 1.82) is 0 Å². The van der Waals surface area contributed by atoms with Crippen LogP contribution in [0.3, 0.4) is 0 Å². The zero-order valence-corrected chi connectivity index (χ0v) is 19.1. The first kappa shape index (κ1) is 24.8. The lowest BCUT2D eigenvalue weighted by molar-refractivity contribution is -0.142. The van der Waals surface area contributed by atoms with Gasteiger partial charge >= 0.3 is 5.97 Å². The average Bonchev–Trinajstić information content (AvgIpc) is 2.71. The quantitative estimate of drug-likeness (QED) is 0.540. The third kappa shape index (κ3) is 6.51. The number of nitrogens with one attached hydrogen (secondary N) is 2. The molecular formula is C21H31N3O6S. The van der Waals surface area contributed by atoms with E-state index in [1.165, 1.54) is 19.1 Å². The maximum atomic E-state index is 13.1. The number of nitrogens with zero attached hydrogens (tertiary/aromatic N) is 1. The molecule has 2 amide bonds. The first-order chi connectivity index (χ1) is 14.4. The number of benzene rings is 1. The molecule has 0 aromatic heterocycles. The Labute approximate surface area is 183 Å². The highest BCUT2D eigenvalue weighted by atomic mass is 32.2. The van der Waals surface area contributed by atoms with E-state index in [2.05, 4.69) is 10.0 Å². The SMILES string of the molecule is Cc1ccc(S(=O)(=O)N[C@@H](C(=O)N2CCC(C(=O)N[C@@H](C)C(=O)O)CC2)C(C)C)cc1. The standard InChI is InChI=1S/C21H31N3O6S/c1-13(2)18(23-31(29,30)17-7-5-14(3)6-8-17)20(26)24-11-9-16(10-12-24)19(25)22-15(4)21(27)28/h5-8,13,15-16,18,23H,9-12H2,1-4H3,(H,22,25)(H,27,28)/t15-,18+/m0/s1. The van der Waals surface area contributed by atoms with Gasteiger partial charge in [-0.25, -0.2) is 8.42 Å². The van der Waals surface area contributed by atoms with E-state index in [1.807, 2.05) is 6.92 Å². The molecule has 2 rings (SSSR count). The number of aryl methyl sites for hydroxylation is 1. The Morgan fingerprint density at radius 2 is 1.61 bits per heavy atom. The van der Waals surface area contributed by atoms with Gasteiger partial charge in [-0.3, -0.25) is 14.4 Å². The summed E-state index contributed by atoms with van der Waals surface area (Å²) in [5.41, 5.74) is 0.931. The van der Waals surface area contributed by atoms with E-state index >= 15 is 0 Å². The van der Waals surface area contributed by atoms with Crippen LogP contribution in [0.2, 0.25) is 0 Å². The number of rotatable bonds is 8. The summed E-state index contributed by atoms with van der Waals surface area (Å²) in [7, 11) is -3.87. The summed E-state index contributed by atoms with van der Waals surface area (Å²) in [5.74, 6) is -2.44. The van der Waals surface area contributed by atoms with E-state index in [9.17, 15) is 22.8 Å². The van der Waals surface area contributed by atoms with Gasteiger partial charge in [0, 0.05) is 19.0 Å². The molecule has 2 atom stereocenters. The van der Waals surface area contributed by atoms with E-state index in [4.69, 9.17) is 5.11 Å². The molecule has 1 fully saturated rings. The third-order valence-corrected chi connectivity index (χ3v) is 6.91. The van der Waals surface area contributed by atoms with Crippen LogP contribution in [0.25, 0.3) is 0 Å². The van der Waals surface area contributed by atoms with Gasteiger partial charge in [0.25, 0.3) is 0 Å². The van der Waals surface area contributed by atoms with Crippen molar-refractivity contribution in [3.8, 4) is 0 Å². The zero-order chi connectivity index (χ0) is 23.3. The first-order valence-corrected chi connectivity index (χ1v) is 11.8. The molecule has 9 nitrogen and oxygen atoms in total. The van der Waals surface area contributed by atoms with Crippen molar-refractivity contribution < 1.29 is 27.9 Å². The lowest BCUT2D eigenvalue weighted by Crippen LogP contribution is -2.54. The molecule has 10 heteroatoms. The molecule has 1 aliphatic heterocycles. The molecule has 0 radical (unpaired) electrons. The van der Waals surface area contributed by atoms with Crippen molar-refractivity contribution in [2.24, 2.45) is 11.8 Å². The maximum absolute atomic E-state index is 13.1. The second kappa shape index (κ2) is 10.2. The Morgan fingerprint density at radius 1 is 1.06 bits per heavy atom. The third-order valence-electron chi connectivity index (χ3n) is 5.45. The Morgan fingerprint density at radius 3 is 2.10 bits per heavy atom. The van der Waals surface area contributed by atoms with E-state index < -0.39 is 28.1 Å². The molecule has 0 saturated carbocycles. The number of amides is 2. The van der Waals surface area contributed by atoms with Crippen LogP contribution in [0.1, 0.15) is 39.2 Å². The largest absolute Gasteiger partial charge is 0.480 e. The van der Waals surface area contributed by atoms with Crippen LogP contribution in [0.5, 0.6) is 0 Å². The summed E-state index contributed by atoms with van der Waals surface area (Å²) < 4.78 is 28.1. The fraction of sp³-hybridized carbons (Fsp3) is 0.571. The van der Waals surface area contributed by atoms with Crippen molar-refractivity contribution in [2.45, 2.75) is 57.5 Å². The highest BCUT2D eigenvalue weighted by Crippen LogP contribution is 2.21. The lowest BCUT2D eigenvalue weighted by atomic mass is 9.94. The summed E-state index contributed by atoms with van der Waals surface area (Å²) in [4.78, 5) is 37.9. The van der Waals surface area contributed by atoms with Crippen LogP contribution >= 0.6 is 0 Å². The van der Waals surface area contributed by atoms with E-state index in [-0.39, 0.29) is 28.5 Å². The van der Waals surface area contributed by atoms with Crippen molar-refractivity contribution in [2.75, 3.05) is 13.1 Å². The highest BCUT2D eigenvalue weighted by Gasteiger charge is 2.35. The van der Waals surface area contributed by atoms with Crippen molar-refractivity contribution in [3.63, 3.8) is 0 Å². The molecule has 0 spiro atoms. The summed E-state index contributed by atoms with van der Waals surface area (Å²) in [5, 5.41) is 11.4. The van der Waals surface area contributed by atoms with Crippen LogP contribution in [-0.4, -0.2) is 61.4 Å². The number of carbonyl (C=O) groups excluding carboxylic acids is 2. The number of piperidine rings is 1. The molecule has 31 heavy (non-hydrogen) atoms. The van der Waals surface area contributed by atoms with Crippen molar-refractivity contribution in [3.05, 3.63) is 29.8 Å². The van der Waals surface area contributed by atoms with Gasteiger partial charge < -0.3 is 15.3 Å². The second-order valence-corrected chi connectivity index (χ2v) is 10.0. The molecule has 3 N–H and O–H groups in total. The van der Waals surface area contributed by atoms with Crippen molar-refractivity contribution >= 4 is 27.8 Å². The monoisotopic (exact) mass is 453 g/mol. The molecule has 0 bridgehead atoms. The molecule has 0 aliphatic carbocycles. The van der Waals surface area contributed by atoms with Crippen molar-refractivity contribution in [1.82, 2.24) is 14.9 Å². The Balaban J connectivity index is 2.02. The van der Waals surface area contributed by atoms with Gasteiger partial charge in [-0.15, -0.1) is 0 Å². The van der Waals surface area contributed by atoms with Gasteiger partial charge in [-0.2, -0.15) is 4.72 Å². The minimum Gasteiger partial charge on any atom is -0.480 e. The minimum absolute atomic E-state index is 0.0967. The number of hydrogen-bond acceptors (Lipinski definition) is 5. The minimum atomic E-state index is -3.87. The normalized spacial score (nSPS) is 17.3. The lowest BCUT2D eigenvalue weighted by Gasteiger charge is -2.35. The number of aliphatic carboxylic acids is 1. The van der Waals surface area contributed by atoms with Crippen LogP contribution in [-0.2, 0) is 24.4 Å². The summed E-state index contributed by atoms with van der Waals surface area (Å²) >= 11 is 0. The van der Waals surface area contributed by atoms with Crippen LogP contribution < -0.4 is 10.0 Å². The maximum Gasteiger partial charge on any atom is 0.325 e. The van der Waals surface area contributed by atoms with E-state index in [0.29, 0.717) is 25.9 Å². The topological polar surface area (TPSA) is 133 Å². The molecule has 0 unspecified atom stereocenters. The Kier molecular flexibility index (Phi) is 8.19. The van der Waals surface area contributed by atoms with Crippen LogP contribution in [0.4, 0.5) is 0 Å². The fourth-order valence-corrected chi connectivity index (χ4v) is 4.71. The van der Waals surface area contributed by atoms with Gasteiger partial charge in [0.15, 0.2) is 0 Å². The number of carbonyl (C=O) groups is 3.